The second-order valence-electron chi connectivity index (χ2n) is 3.95. The molecule has 0 fully saturated rings. The molecule has 1 atom stereocenters. The van der Waals surface area contributed by atoms with Gasteiger partial charge in [0.05, 0.1) is 15.7 Å². The Kier molecular flexibility index (Phi) is 6.12. The molecule has 1 rings (SSSR count). The largest absolute Gasteiger partial charge is 0.397 e. The van der Waals surface area contributed by atoms with Gasteiger partial charge in [-0.3, -0.25) is 4.79 Å². The Labute approximate surface area is 121 Å². The van der Waals surface area contributed by atoms with Gasteiger partial charge in [0, 0.05) is 17.4 Å². The van der Waals surface area contributed by atoms with Crippen LogP contribution >= 0.6 is 35.0 Å². The van der Waals surface area contributed by atoms with Crippen LogP contribution < -0.4 is 11.1 Å². The zero-order valence-corrected chi connectivity index (χ0v) is 12.6. The van der Waals surface area contributed by atoms with E-state index in [4.69, 9.17) is 28.9 Å². The SMILES string of the molecule is CSC(C)CCNC(=O)c1cc(N)c(Cl)c(Cl)c1. The number of nitrogen functional groups attached to an aromatic ring is 1. The number of benzene rings is 1. The third kappa shape index (κ3) is 4.26. The second kappa shape index (κ2) is 7.12. The van der Waals surface area contributed by atoms with Gasteiger partial charge in [0.2, 0.25) is 0 Å². The van der Waals surface area contributed by atoms with Gasteiger partial charge in [-0.2, -0.15) is 11.8 Å². The minimum atomic E-state index is -0.187. The number of rotatable bonds is 5. The summed E-state index contributed by atoms with van der Waals surface area (Å²) in [6.45, 7) is 2.74. The molecule has 18 heavy (non-hydrogen) atoms. The molecular formula is C12H16Cl2N2OS. The standard InChI is InChI=1S/C12H16Cl2N2OS/c1-7(18-2)3-4-16-12(17)8-5-9(13)11(14)10(15)6-8/h5-7H,3-4,15H2,1-2H3,(H,16,17). The van der Waals surface area contributed by atoms with Gasteiger partial charge < -0.3 is 11.1 Å². The lowest BCUT2D eigenvalue weighted by molar-refractivity contribution is 0.0953. The van der Waals surface area contributed by atoms with Gasteiger partial charge in [-0.05, 0) is 24.8 Å². The highest BCUT2D eigenvalue weighted by Crippen LogP contribution is 2.29. The Morgan fingerprint density at radius 2 is 2.17 bits per heavy atom. The van der Waals surface area contributed by atoms with Crippen molar-refractivity contribution in [2.75, 3.05) is 18.5 Å². The van der Waals surface area contributed by atoms with Gasteiger partial charge in [-0.25, -0.2) is 0 Å². The number of carbonyl (C=O) groups excluding carboxylic acids is 1. The molecule has 0 bridgehead atoms. The summed E-state index contributed by atoms with van der Waals surface area (Å²) in [5, 5.41) is 3.92. The van der Waals surface area contributed by atoms with Gasteiger partial charge in [0.25, 0.3) is 5.91 Å². The Morgan fingerprint density at radius 1 is 1.50 bits per heavy atom. The molecule has 1 aromatic rings. The van der Waals surface area contributed by atoms with E-state index in [1.54, 1.807) is 11.8 Å². The van der Waals surface area contributed by atoms with Crippen LogP contribution in [-0.2, 0) is 0 Å². The molecule has 0 aliphatic heterocycles. The number of anilines is 1. The summed E-state index contributed by atoms with van der Waals surface area (Å²) in [7, 11) is 0. The first-order valence-electron chi connectivity index (χ1n) is 5.51. The van der Waals surface area contributed by atoms with Crippen LogP contribution in [0.4, 0.5) is 5.69 Å². The van der Waals surface area contributed by atoms with Crippen molar-refractivity contribution in [3.63, 3.8) is 0 Å². The zero-order chi connectivity index (χ0) is 13.7. The molecule has 0 aliphatic rings. The molecule has 0 heterocycles. The maximum Gasteiger partial charge on any atom is 0.251 e. The van der Waals surface area contributed by atoms with E-state index in [1.165, 1.54) is 12.1 Å². The molecular weight excluding hydrogens is 291 g/mol. The smallest absolute Gasteiger partial charge is 0.251 e. The van der Waals surface area contributed by atoms with E-state index in [0.717, 1.165) is 6.42 Å². The van der Waals surface area contributed by atoms with Crippen molar-refractivity contribution in [3.8, 4) is 0 Å². The van der Waals surface area contributed by atoms with Crippen LogP contribution in [-0.4, -0.2) is 24.0 Å². The van der Waals surface area contributed by atoms with Crippen LogP contribution in [0.15, 0.2) is 12.1 Å². The lowest BCUT2D eigenvalue weighted by atomic mass is 10.2. The molecule has 3 N–H and O–H groups in total. The topological polar surface area (TPSA) is 55.1 Å². The molecule has 1 unspecified atom stereocenters. The highest BCUT2D eigenvalue weighted by Gasteiger charge is 2.11. The summed E-state index contributed by atoms with van der Waals surface area (Å²) in [6.07, 6.45) is 2.97. The average molecular weight is 307 g/mol. The summed E-state index contributed by atoms with van der Waals surface area (Å²) in [6, 6.07) is 3.05. The van der Waals surface area contributed by atoms with Crippen molar-refractivity contribution in [1.82, 2.24) is 5.32 Å². The summed E-state index contributed by atoms with van der Waals surface area (Å²) in [5.41, 5.74) is 6.40. The fraction of sp³-hybridized carbons (Fsp3) is 0.417. The number of thioether (sulfide) groups is 1. The average Bonchev–Trinajstić information content (AvgIpc) is 2.34. The Hall–Kier alpha value is -0.580. The van der Waals surface area contributed by atoms with Crippen molar-refractivity contribution >= 4 is 46.6 Å². The van der Waals surface area contributed by atoms with E-state index in [-0.39, 0.29) is 10.9 Å². The van der Waals surface area contributed by atoms with Crippen molar-refractivity contribution < 1.29 is 4.79 Å². The number of hydrogen-bond acceptors (Lipinski definition) is 3. The molecule has 0 saturated heterocycles. The quantitative estimate of drug-likeness (QED) is 0.819. The zero-order valence-electron chi connectivity index (χ0n) is 10.3. The maximum atomic E-state index is 11.9. The van der Waals surface area contributed by atoms with Crippen molar-refractivity contribution in [2.24, 2.45) is 0 Å². The monoisotopic (exact) mass is 306 g/mol. The van der Waals surface area contributed by atoms with Crippen molar-refractivity contribution in [3.05, 3.63) is 27.7 Å². The predicted molar refractivity (Wildman–Crippen MR) is 80.8 cm³/mol. The van der Waals surface area contributed by atoms with E-state index in [0.29, 0.717) is 28.1 Å². The van der Waals surface area contributed by atoms with Crippen LogP contribution in [0.1, 0.15) is 23.7 Å². The van der Waals surface area contributed by atoms with Crippen LogP contribution in [0, 0.1) is 0 Å². The molecule has 0 aliphatic carbocycles. The summed E-state index contributed by atoms with van der Waals surface area (Å²) in [4.78, 5) is 11.9. The van der Waals surface area contributed by atoms with Crippen molar-refractivity contribution in [1.29, 1.82) is 0 Å². The predicted octanol–water partition coefficient (Wildman–Crippen LogP) is 3.45. The molecule has 1 amide bonds. The number of amides is 1. The number of nitrogens with one attached hydrogen (secondary N) is 1. The Morgan fingerprint density at radius 3 is 2.72 bits per heavy atom. The third-order valence-electron chi connectivity index (χ3n) is 2.56. The minimum Gasteiger partial charge on any atom is -0.397 e. The summed E-state index contributed by atoms with van der Waals surface area (Å²) in [5.74, 6) is -0.187. The number of halogens is 2. The van der Waals surface area contributed by atoms with Gasteiger partial charge >= 0.3 is 0 Å². The van der Waals surface area contributed by atoms with E-state index >= 15 is 0 Å². The first-order chi connectivity index (χ1) is 8.45. The number of carbonyl (C=O) groups is 1. The van der Waals surface area contributed by atoms with E-state index in [1.807, 2.05) is 6.26 Å². The summed E-state index contributed by atoms with van der Waals surface area (Å²) >= 11 is 13.5. The molecule has 3 nitrogen and oxygen atoms in total. The van der Waals surface area contributed by atoms with E-state index in [2.05, 4.69) is 12.2 Å². The molecule has 1 aromatic carbocycles. The highest BCUT2D eigenvalue weighted by molar-refractivity contribution is 7.99. The Bertz CT molecular complexity index is 417. The van der Waals surface area contributed by atoms with Crippen LogP contribution in [0.2, 0.25) is 10.0 Å². The van der Waals surface area contributed by atoms with Gasteiger partial charge in [0.15, 0.2) is 0 Å². The Balaban J connectivity index is 2.62. The fourth-order valence-electron chi connectivity index (χ4n) is 1.35. The lowest BCUT2D eigenvalue weighted by Crippen LogP contribution is -2.26. The third-order valence-corrected chi connectivity index (χ3v) is 4.41. The molecule has 0 radical (unpaired) electrons. The first kappa shape index (κ1) is 15.5. The lowest BCUT2D eigenvalue weighted by Gasteiger charge is -2.10. The summed E-state index contributed by atoms with van der Waals surface area (Å²) < 4.78 is 0. The van der Waals surface area contributed by atoms with Crippen LogP contribution in [0.25, 0.3) is 0 Å². The number of nitrogens with two attached hydrogens (primary N) is 1. The van der Waals surface area contributed by atoms with Crippen LogP contribution in [0.3, 0.4) is 0 Å². The number of hydrogen-bond donors (Lipinski definition) is 2. The first-order valence-corrected chi connectivity index (χ1v) is 7.55. The fourth-order valence-corrected chi connectivity index (χ4v) is 2.04. The molecule has 0 spiro atoms. The van der Waals surface area contributed by atoms with E-state index in [9.17, 15) is 4.79 Å². The van der Waals surface area contributed by atoms with E-state index < -0.39 is 0 Å². The minimum absolute atomic E-state index is 0.187. The van der Waals surface area contributed by atoms with Gasteiger partial charge in [0.1, 0.15) is 0 Å². The molecule has 0 aromatic heterocycles. The molecule has 6 heteroatoms. The van der Waals surface area contributed by atoms with Gasteiger partial charge in [-0.1, -0.05) is 30.1 Å². The van der Waals surface area contributed by atoms with Gasteiger partial charge in [-0.15, -0.1) is 0 Å². The normalized spacial score (nSPS) is 12.2. The van der Waals surface area contributed by atoms with Crippen molar-refractivity contribution in [2.45, 2.75) is 18.6 Å². The molecule has 0 saturated carbocycles. The maximum absolute atomic E-state index is 11.9. The molecule has 100 valence electrons. The highest BCUT2D eigenvalue weighted by atomic mass is 35.5. The second-order valence-corrected chi connectivity index (χ2v) is 6.01. The van der Waals surface area contributed by atoms with Crippen LogP contribution in [0.5, 0.6) is 0 Å².